The number of para-hydroxylation sites is 1. The Morgan fingerprint density at radius 1 is 0.765 bits per heavy atom. The van der Waals surface area contributed by atoms with Crippen molar-refractivity contribution in [3.63, 3.8) is 0 Å². The first kappa shape index (κ1) is 14.0. The van der Waals surface area contributed by atoms with Crippen molar-refractivity contribution in [2.24, 2.45) is 0 Å². The molecule has 0 N–H and O–H groups in total. The van der Waals surface area contributed by atoms with E-state index in [0.717, 1.165) is 5.52 Å². The minimum atomic E-state index is 0. The van der Waals surface area contributed by atoms with E-state index in [1.54, 1.807) is 0 Å². The Morgan fingerprint density at radius 2 is 1.53 bits per heavy atom. The van der Waals surface area contributed by atoms with Crippen LogP contribution in [0.25, 0.3) is 10.9 Å². The van der Waals surface area contributed by atoms with Gasteiger partial charge in [0.05, 0.1) is 0 Å². The van der Waals surface area contributed by atoms with E-state index in [0.29, 0.717) is 0 Å². The van der Waals surface area contributed by atoms with Gasteiger partial charge in [-0.15, -0.1) is 5.39 Å². The maximum Gasteiger partial charge on any atom is 0 e. The first-order valence-corrected chi connectivity index (χ1v) is 5.10. The van der Waals surface area contributed by atoms with Crippen LogP contribution in [0.4, 0.5) is 0 Å². The molecule has 0 aliphatic heterocycles. The Hall–Kier alpha value is -1.05. The largest absolute Gasteiger partial charge is 0.386 e. The monoisotopic (exact) mass is 294 g/mol. The summed E-state index contributed by atoms with van der Waals surface area (Å²) in [5, 5.41) is 1.17. The quantitative estimate of drug-likeness (QED) is 0.578. The van der Waals surface area contributed by atoms with Gasteiger partial charge in [0.1, 0.15) is 0 Å². The summed E-state index contributed by atoms with van der Waals surface area (Å²) in [4.78, 5) is 4.06. The van der Waals surface area contributed by atoms with Crippen LogP contribution in [0.2, 0.25) is 0 Å². The topological polar surface area (TPSA) is 12.9 Å². The molecular weight excluding hydrogens is 283 g/mol. The third kappa shape index (κ3) is 4.76. The van der Waals surface area contributed by atoms with Gasteiger partial charge >= 0.3 is 0 Å². The van der Waals surface area contributed by atoms with Crippen LogP contribution in [-0.4, -0.2) is 4.98 Å². The van der Waals surface area contributed by atoms with Crippen LogP contribution in [-0.2, 0) is 32.7 Å². The zero-order valence-electron chi connectivity index (χ0n) is 9.38. The van der Waals surface area contributed by atoms with Crippen LogP contribution in [0.1, 0.15) is 0 Å². The number of aromatic nitrogens is 1. The summed E-state index contributed by atoms with van der Waals surface area (Å²) < 4.78 is 0. The van der Waals surface area contributed by atoms with Gasteiger partial charge in [0.15, 0.2) is 0 Å². The maximum absolute atomic E-state index is 4.06. The fourth-order valence-electron chi connectivity index (χ4n) is 1.31. The van der Waals surface area contributed by atoms with E-state index in [1.807, 2.05) is 66.7 Å². The Labute approximate surface area is 127 Å². The molecule has 0 aliphatic carbocycles. The predicted octanol–water partition coefficient (Wildman–Crippen LogP) is 3.52. The molecule has 1 heterocycles. The molecule has 0 spiro atoms. The second kappa shape index (κ2) is 8.10. The SMILES string of the molecule is [Y].[c-]1ccc2ccccc2n1.[c-]1ccccc1. The van der Waals surface area contributed by atoms with Gasteiger partial charge in [-0.25, -0.2) is 0 Å². The molecular formula is C15H11NY-2. The van der Waals surface area contributed by atoms with Crippen molar-refractivity contribution in [2.75, 3.05) is 0 Å². The second-order valence-electron chi connectivity index (χ2n) is 3.21. The van der Waals surface area contributed by atoms with E-state index in [2.05, 4.69) is 17.2 Å². The van der Waals surface area contributed by atoms with Gasteiger partial charge in [0.25, 0.3) is 0 Å². The molecule has 0 atom stereocenters. The molecule has 17 heavy (non-hydrogen) atoms. The molecule has 3 aromatic rings. The Kier molecular flexibility index (Phi) is 6.68. The molecule has 0 fully saturated rings. The maximum atomic E-state index is 4.06. The Morgan fingerprint density at radius 3 is 2.12 bits per heavy atom. The van der Waals surface area contributed by atoms with Crippen LogP contribution in [0.5, 0.6) is 0 Å². The van der Waals surface area contributed by atoms with E-state index in [-0.39, 0.29) is 32.7 Å². The van der Waals surface area contributed by atoms with Gasteiger partial charge in [0.2, 0.25) is 0 Å². The van der Waals surface area contributed by atoms with Crippen molar-refractivity contribution in [2.45, 2.75) is 0 Å². The third-order valence-electron chi connectivity index (χ3n) is 2.07. The molecule has 1 radical (unpaired) electrons. The smallest absolute Gasteiger partial charge is 0 e. The Bertz CT molecular complexity index is 445. The first-order valence-electron chi connectivity index (χ1n) is 5.10. The molecule has 0 saturated carbocycles. The number of hydrogen-bond donors (Lipinski definition) is 0. The number of hydrogen-bond acceptors (Lipinski definition) is 1. The average Bonchev–Trinajstić information content (AvgIpc) is 2.42. The van der Waals surface area contributed by atoms with Gasteiger partial charge in [-0.1, -0.05) is 30.5 Å². The fraction of sp³-hybridized carbons (Fsp3) is 0. The summed E-state index contributed by atoms with van der Waals surface area (Å²) in [5.41, 5.74) is 1.00. The molecule has 0 unspecified atom stereocenters. The third-order valence-corrected chi connectivity index (χ3v) is 2.07. The number of benzene rings is 2. The van der Waals surface area contributed by atoms with Crippen LogP contribution in [0.3, 0.4) is 0 Å². The molecule has 0 bridgehead atoms. The molecule has 0 saturated heterocycles. The number of nitrogens with zero attached hydrogens (tertiary/aromatic N) is 1. The van der Waals surface area contributed by atoms with Crippen molar-refractivity contribution in [1.29, 1.82) is 0 Å². The van der Waals surface area contributed by atoms with Gasteiger partial charge < -0.3 is 4.98 Å². The van der Waals surface area contributed by atoms with Crippen molar-refractivity contribution in [1.82, 2.24) is 4.98 Å². The number of rotatable bonds is 0. The van der Waals surface area contributed by atoms with Crippen molar-refractivity contribution in [3.05, 3.63) is 79.0 Å². The van der Waals surface area contributed by atoms with Crippen molar-refractivity contribution in [3.8, 4) is 0 Å². The summed E-state index contributed by atoms with van der Waals surface area (Å²) in [6.45, 7) is 0. The molecule has 0 aliphatic rings. The normalized spacial score (nSPS) is 8.71. The van der Waals surface area contributed by atoms with E-state index < -0.39 is 0 Å². The van der Waals surface area contributed by atoms with Gasteiger partial charge in [-0.05, 0) is 5.52 Å². The van der Waals surface area contributed by atoms with Gasteiger partial charge in [-0.3, -0.25) is 0 Å². The predicted molar refractivity (Wildman–Crippen MR) is 65.9 cm³/mol. The van der Waals surface area contributed by atoms with E-state index in [9.17, 15) is 0 Å². The molecule has 1 aromatic heterocycles. The van der Waals surface area contributed by atoms with Crippen molar-refractivity contribution < 1.29 is 32.7 Å². The van der Waals surface area contributed by atoms with Gasteiger partial charge in [0, 0.05) is 32.7 Å². The molecule has 2 heteroatoms. The summed E-state index contributed by atoms with van der Waals surface area (Å²) in [6.07, 6.45) is 2.79. The summed E-state index contributed by atoms with van der Waals surface area (Å²) in [6, 6.07) is 24.3. The van der Waals surface area contributed by atoms with Crippen LogP contribution in [0.15, 0.2) is 66.7 Å². The van der Waals surface area contributed by atoms with Crippen molar-refractivity contribution >= 4 is 10.9 Å². The fourth-order valence-corrected chi connectivity index (χ4v) is 1.31. The van der Waals surface area contributed by atoms with E-state index >= 15 is 0 Å². The summed E-state index contributed by atoms with van der Waals surface area (Å²) >= 11 is 0. The van der Waals surface area contributed by atoms with E-state index in [1.165, 1.54) is 5.39 Å². The molecule has 1 nitrogen and oxygen atoms in total. The van der Waals surface area contributed by atoms with Crippen LogP contribution >= 0.6 is 0 Å². The Balaban J connectivity index is 0.000000180. The number of pyridine rings is 1. The van der Waals surface area contributed by atoms with Crippen LogP contribution in [0, 0.1) is 12.3 Å². The summed E-state index contributed by atoms with van der Waals surface area (Å²) in [7, 11) is 0. The molecule has 2 aromatic carbocycles. The minimum absolute atomic E-state index is 0. The second-order valence-corrected chi connectivity index (χ2v) is 3.21. The average molecular weight is 294 g/mol. The molecule has 81 valence electrons. The molecule has 0 amide bonds. The minimum Gasteiger partial charge on any atom is -0.386 e. The zero-order chi connectivity index (χ0) is 11.1. The molecule has 3 rings (SSSR count). The van der Waals surface area contributed by atoms with E-state index in [4.69, 9.17) is 0 Å². The summed E-state index contributed by atoms with van der Waals surface area (Å²) in [5.74, 6) is 0. The van der Waals surface area contributed by atoms with Crippen LogP contribution < -0.4 is 0 Å². The zero-order valence-corrected chi connectivity index (χ0v) is 12.2. The first-order chi connectivity index (χ1) is 7.97. The van der Waals surface area contributed by atoms with Gasteiger partial charge in [-0.2, -0.15) is 48.5 Å². The number of fused-ring (bicyclic) bond motifs is 1. The standard InChI is InChI=1S/C9H6N.C6H5.Y/c1-2-6-9-8(4-1)5-3-7-10-9;1-2-4-6-5-3-1;/h1-6H;1-5H;/q2*-1;.